The maximum absolute atomic E-state index is 6.19. The van der Waals surface area contributed by atoms with Crippen LogP contribution in [0.4, 0.5) is 5.82 Å². The molecule has 0 atom stereocenters. The number of ether oxygens (including phenoxy) is 2. The summed E-state index contributed by atoms with van der Waals surface area (Å²) < 4.78 is 12.3. The SMILES string of the molecule is CCc1nc(-c2cnc(N(C)C)cc2OC(C)C)c(CC)nc1OC(CC)CC. The fourth-order valence-electron chi connectivity index (χ4n) is 3.09. The maximum atomic E-state index is 6.19. The van der Waals surface area contributed by atoms with Gasteiger partial charge in [-0.3, -0.25) is 0 Å². The molecule has 0 aliphatic heterocycles. The van der Waals surface area contributed by atoms with E-state index in [0.29, 0.717) is 5.88 Å². The molecule has 0 unspecified atom stereocenters. The van der Waals surface area contributed by atoms with Gasteiger partial charge in [-0.1, -0.05) is 27.7 Å². The summed E-state index contributed by atoms with van der Waals surface area (Å²) in [6.07, 6.45) is 5.46. The number of hydrogen-bond donors (Lipinski definition) is 0. The predicted molar refractivity (Wildman–Crippen MR) is 119 cm³/mol. The Morgan fingerprint density at radius 3 is 2.10 bits per heavy atom. The summed E-state index contributed by atoms with van der Waals surface area (Å²) in [6, 6.07) is 1.97. The van der Waals surface area contributed by atoms with Gasteiger partial charge in [-0.15, -0.1) is 0 Å². The zero-order chi connectivity index (χ0) is 21.6. The first kappa shape index (κ1) is 22.9. The van der Waals surface area contributed by atoms with Crippen LogP contribution >= 0.6 is 0 Å². The minimum absolute atomic E-state index is 0.0484. The van der Waals surface area contributed by atoms with E-state index in [-0.39, 0.29) is 12.2 Å². The number of nitrogens with zero attached hydrogens (tertiary/aromatic N) is 4. The largest absolute Gasteiger partial charge is 0.490 e. The van der Waals surface area contributed by atoms with Crippen LogP contribution in [-0.4, -0.2) is 41.3 Å². The first-order chi connectivity index (χ1) is 13.8. The molecule has 160 valence electrons. The van der Waals surface area contributed by atoms with E-state index in [2.05, 4.69) is 32.7 Å². The molecule has 0 saturated heterocycles. The Morgan fingerprint density at radius 1 is 0.931 bits per heavy atom. The standard InChI is InChI=1S/C23H36N4O2/c1-9-16(10-2)29-23-19(12-4)25-22(18(11-3)26-23)17-14-24-21(27(7)8)13-20(17)28-15(5)6/h13-16H,9-12H2,1-8H3. The van der Waals surface area contributed by atoms with Crippen molar-refractivity contribution in [2.45, 2.75) is 79.4 Å². The molecule has 0 amide bonds. The van der Waals surface area contributed by atoms with E-state index in [1.807, 2.05) is 45.1 Å². The molecule has 0 aliphatic rings. The van der Waals surface area contributed by atoms with Gasteiger partial charge in [0.1, 0.15) is 17.3 Å². The summed E-state index contributed by atoms with van der Waals surface area (Å²) >= 11 is 0. The van der Waals surface area contributed by atoms with Crippen LogP contribution in [0.1, 0.15) is 65.8 Å². The van der Waals surface area contributed by atoms with Gasteiger partial charge in [0, 0.05) is 26.4 Å². The molecule has 29 heavy (non-hydrogen) atoms. The molecule has 0 radical (unpaired) electrons. The zero-order valence-electron chi connectivity index (χ0n) is 19.2. The Labute approximate surface area is 175 Å². The van der Waals surface area contributed by atoms with Crippen molar-refractivity contribution in [3.8, 4) is 22.9 Å². The van der Waals surface area contributed by atoms with Gasteiger partial charge in [0.25, 0.3) is 0 Å². The van der Waals surface area contributed by atoms with Gasteiger partial charge >= 0.3 is 0 Å². The van der Waals surface area contributed by atoms with Gasteiger partial charge in [-0.25, -0.2) is 15.0 Å². The van der Waals surface area contributed by atoms with Crippen LogP contribution in [0.15, 0.2) is 12.3 Å². The van der Waals surface area contributed by atoms with Crippen molar-refractivity contribution in [3.63, 3.8) is 0 Å². The van der Waals surface area contributed by atoms with Crippen molar-refractivity contribution in [2.24, 2.45) is 0 Å². The maximum Gasteiger partial charge on any atom is 0.236 e. The summed E-state index contributed by atoms with van der Waals surface area (Å²) in [6.45, 7) is 12.5. The number of aromatic nitrogens is 3. The van der Waals surface area contributed by atoms with E-state index in [0.717, 1.165) is 59.9 Å². The molecule has 6 heteroatoms. The zero-order valence-corrected chi connectivity index (χ0v) is 19.2. The van der Waals surface area contributed by atoms with Gasteiger partial charge in [-0.2, -0.15) is 0 Å². The first-order valence-corrected chi connectivity index (χ1v) is 10.7. The molecule has 0 saturated carbocycles. The molecule has 0 spiro atoms. The summed E-state index contributed by atoms with van der Waals surface area (Å²) in [7, 11) is 3.94. The van der Waals surface area contributed by atoms with Crippen LogP contribution in [0.5, 0.6) is 11.6 Å². The van der Waals surface area contributed by atoms with Crippen molar-refractivity contribution in [2.75, 3.05) is 19.0 Å². The second-order valence-corrected chi connectivity index (χ2v) is 7.63. The van der Waals surface area contributed by atoms with Crippen LogP contribution in [0.25, 0.3) is 11.3 Å². The molecule has 0 fully saturated rings. The van der Waals surface area contributed by atoms with E-state index in [1.165, 1.54) is 0 Å². The average Bonchev–Trinajstić information content (AvgIpc) is 2.70. The van der Waals surface area contributed by atoms with E-state index in [4.69, 9.17) is 19.4 Å². The monoisotopic (exact) mass is 400 g/mol. The molecule has 2 rings (SSSR count). The highest BCUT2D eigenvalue weighted by Gasteiger charge is 2.20. The molecular weight excluding hydrogens is 364 g/mol. The Morgan fingerprint density at radius 2 is 1.59 bits per heavy atom. The lowest BCUT2D eigenvalue weighted by molar-refractivity contribution is 0.181. The van der Waals surface area contributed by atoms with Crippen LogP contribution < -0.4 is 14.4 Å². The molecule has 0 N–H and O–H groups in total. The normalized spacial score (nSPS) is 11.2. The summed E-state index contributed by atoms with van der Waals surface area (Å²) in [5.74, 6) is 2.28. The van der Waals surface area contributed by atoms with Crippen molar-refractivity contribution in [1.29, 1.82) is 0 Å². The highest BCUT2D eigenvalue weighted by molar-refractivity contribution is 5.71. The fraction of sp³-hybridized carbons (Fsp3) is 0.609. The van der Waals surface area contributed by atoms with E-state index < -0.39 is 0 Å². The number of rotatable bonds is 10. The highest BCUT2D eigenvalue weighted by Crippen LogP contribution is 2.35. The van der Waals surface area contributed by atoms with Crippen LogP contribution in [0.3, 0.4) is 0 Å². The van der Waals surface area contributed by atoms with Crippen LogP contribution in [-0.2, 0) is 12.8 Å². The lowest BCUT2D eigenvalue weighted by Gasteiger charge is -2.21. The Hall–Kier alpha value is -2.37. The van der Waals surface area contributed by atoms with Crippen molar-refractivity contribution in [1.82, 2.24) is 15.0 Å². The number of hydrogen-bond acceptors (Lipinski definition) is 6. The molecule has 2 aromatic heterocycles. The van der Waals surface area contributed by atoms with Crippen molar-refractivity contribution >= 4 is 5.82 Å². The predicted octanol–water partition coefficient (Wildman–Crippen LogP) is 5.08. The summed E-state index contributed by atoms with van der Waals surface area (Å²) in [4.78, 5) is 16.4. The third-order valence-corrected chi connectivity index (χ3v) is 4.79. The summed E-state index contributed by atoms with van der Waals surface area (Å²) in [5.41, 5.74) is 3.47. The topological polar surface area (TPSA) is 60.4 Å². The third kappa shape index (κ3) is 5.58. The van der Waals surface area contributed by atoms with Gasteiger partial charge in [0.15, 0.2) is 0 Å². The number of pyridine rings is 1. The van der Waals surface area contributed by atoms with Crippen LogP contribution in [0.2, 0.25) is 0 Å². The second kappa shape index (κ2) is 10.4. The second-order valence-electron chi connectivity index (χ2n) is 7.63. The fourth-order valence-corrected chi connectivity index (χ4v) is 3.09. The smallest absolute Gasteiger partial charge is 0.236 e. The molecule has 2 aromatic rings. The minimum atomic E-state index is 0.0484. The van der Waals surface area contributed by atoms with E-state index in [1.54, 1.807) is 0 Å². The number of anilines is 1. The lowest BCUT2D eigenvalue weighted by atomic mass is 10.1. The van der Waals surface area contributed by atoms with Gasteiger partial charge in [0.2, 0.25) is 5.88 Å². The minimum Gasteiger partial charge on any atom is -0.490 e. The summed E-state index contributed by atoms with van der Waals surface area (Å²) in [5, 5.41) is 0. The Kier molecular flexibility index (Phi) is 8.23. The molecular formula is C23H36N4O2. The van der Waals surface area contributed by atoms with Gasteiger partial charge < -0.3 is 14.4 Å². The highest BCUT2D eigenvalue weighted by atomic mass is 16.5. The average molecular weight is 401 g/mol. The quantitative estimate of drug-likeness (QED) is 0.554. The molecule has 0 bridgehead atoms. The van der Waals surface area contributed by atoms with Crippen molar-refractivity contribution < 1.29 is 9.47 Å². The number of aryl methyl sites for hydroxylation is 2. The third-order valence-electron chi connectivity index (χ3n) is 4.79. The molecule has 0 aromatic carbocycles. The Balaban J connectivity index is 2.61. The first-order valence-electron chi connectivity index (χ1n) is 10.7. The molecule has 2 heterocycles. The van der Waals surface area contributed by atoms with Crippen molar-refractivity contribution in [3.05, 3.63) is 23.7 Å². The lowest BCUT2D eigenvalue weighted by Crippen LogP contribution is -2.17. The van der Waals surface area contributed by atoms with Gasteiger partial charge in [0.05, 0.1) is 29.2 Å². The van der Waals surface area contributed by atoms with E-state index in [9.17, 15) is 0 Å². The molecule has 6 nitrogen and oxygen atoms in total. The van der Waals surface area contributed by atoms with E-state index >= 15 is 0 Å². The van der Waals surface area contributed by atoms with Gasteiger partial charge in [-0.05, 0) is 39.5 Å². The van der Waals surface area contributed by atoms with Crippen LogP contribution in [0, 0.1) is 0 Å². The molecule has 0 aliphatic carbocycles. The Bertz CT molecular complexity index is 802.